The Labute approximate surface area is 162 Å². The molecular weight excluding hydrogens is 362 g/mol. The van der Waals surface area contributed by atoms with E-state index in [2.05, 4.69) is 15.6 Å². The predicted octanol–water partition coefficient (Wildman–Crippen LogP) is 2.16. The third kappa shape index (κ3) is 4.16. The van der Waals surface area contributed by atoms with Crippen molar-refractivity contribution in [3.63, 3.8) is 0 Å². The summed E-state index contributed by atoms with van der Waals surface area (Å²) in [5.74, 6) is -0.995. The van der Waals surface area contributed by atoms with Gasteiger partial charge in [-0.05, 0) is 25.0 Å². The van der Waals surface area contributed by atoms with Crippen molar-refractivity contribution in [2.75, 3.05) is 13.2 Å². The molecule has 0 saturated carbocycles. The maximum absolute atomic E-state index is 12.3. The fraction of sp³-hybridized carbons (Fsp3) is 0.350. The number of nitrogens with one attached hydrogen (secondary N) is 3. The van der Waals surface area contributed by atoms with Crippen molar-refractivity contribution in [1.82, 2.24) is 15.6 Å². The molecule has 0 unspecified atom stereocenters. The Balaban J connectivity index is 1.73. The van der Waals surface area contributed by atoms with E-state index >= 15 is 0 Å². The van der Waals surface area contributed by atoms with Crippen LogP contribution in [0.25, 0.3) is 10.9 Å². The summed E-state index contributed by atoms with van der Waals surface area (Å²) in [5, 5.41) is 6.19. The second kappa shape index (κ2) is 8.60. The number of urea groups is 1. The molecule has 1 aliphatic rings. The highest BCUT2D eigenvalue weighted by Gasteiger charge is 2.32. The van der Waals surface area contributed by atoms with Gasteiger partial charge >= 0.3 is 18.0 Å². The number of benzene rings is 1. The van der Waals surface area contributed by atoms with Crippen LogP contribution in [0.2, 0.25) is 0 Å². The van der Waals surface area contributed by atoms with Crippen molar-refractivity contribution < 1.29 is 23.9 Å². The van der Waals surface area contributed by atoms with Gasteiger partial charge < -0.3 is 25.1 Å². The summed E-state index contributed by atoms with van der Waals surface area (Å²) in [6, 6.07) is 6.73. The van der Waals surface area contributed by atoms with Gasteiger partial charge in [0.05, 0.1) is 30.3 Å². The number of aromatic nitrogens is 1. The first-order valence-corrected chi connectivity index (χ1v) is 9.21. The van der Waals surface area contributed by atoms with Crippen molar-refractivity contribution in [2.24, 2.45) is 0 Å². The fourth-order valence-electron chi connectivity index (χ4n) is 3.21. The highest BCUT2D eigenvalue weighted by atomic mass is 16.5. The first-order chi connectivity index (χ1) is 13.5. The molecule has 148 valence electrons. The third-order valence-electron chi connectivity index (χ3n) is 4.53. The van der Waals surface area contributed by atoms with E-state index in [0.717, 1.165) is 16.5 Å². The van der Waals surface area contributed by atoms with Crippen molar-refractivity contribution in [3.8, 4) is 0 Å². The van der Waals surface area contributed by atoms with Crippen LogP contribution in [-0.4, -0.2) is 42.2 Å². The van der Waals surface area contributed by atoms with Gasteiger partial charge in [0.25, 0.3) is 0 Å². The molecule has 0 aliphatic carbocycles. The lowest BCUT2D eigenvalue weighted by atomic mass is 10.0. The number of esters is 2. The van der Waals surface area contributed by atoms with Gasteiger partial charge in [0.2, 0.25) is 0 Å². The highest BCUT2D eigenvalue weighted by Crippen LogP contribution is 2.20. The number of ether oxygens (including phenoxy) is 2. The van der Waals surface area contributed by atoms with Crippen LogP contribution in [-0.2, 0) is 25.5 Å². The van der Waals surface area contributed by atoms with Crippen molar-refractivity contribution in [2.45, 2.75) is 32.7 Å². The number of carbonyl (C=O) groups is 3. The maximum Gasteiger partial charge on any atom is 0.338 e. The normalized spacial score (nSPS) is 16.5. The van der Waals surface area contributed by atoms with Crippen LogP contribution in [0.1, 0.15) is 25.8 Å². The quantitative estimate of drug-likeness (QED) is 0.633. The van der Waals surface area contributed by atoms with E-state index in [4.69, 9.17) is 9.47 Å². The van der Waals surface area contributed by atoms with Crippen LogP contribution in [0, 0.1) is 0 Å². The molecule has 2 aromatic rings. The summed E-state index contributed by atoms with van der Waals surface area (Å²) in [5.41, 5.74) is 2.29. The molecule has 1 aromatic heterocycles. The zero-order chi connectivity index (χ0) is 20.1. The van der Waals surface area contributed by atoms with Gasteiger partial charge in [0, 0.05) is 17.1 Å². The average Bonchev–Trinajstić information content (AvgIpc) is 3.08. The smallest absolute Gasteiger partial charge is 0.338 e. The van der Waals surface area contributed by atoms with Crippen LogP contribution < -0.4 is 10.6 Å². The van der Waals surface area contributed by atoms with Gasteiger partial charge in [-0.15, -0.1) is 0 Å². The van der Waals surface area contributed by atoms with E-state index in [-0.39, 0.29) is 30.9 Å². The van der Waals surface area contributed by atoms with Gasteiger partial charge in [-0.2, -0.15) is 0 Å². The van der Waals surface area contributed by atoms with Gasteiger partial charge in [0.1, 0.15) is 6.61 Å². The topological polar surface area (TPSA) is 110 Å². The molecule has 28 heavy (non-hydrogen) atoms. The summed E-state index contributed by atoms with van der Waals surface area (Å²) < 4.78 is 10.4. The number of para-hydroxylation sites is 1. The van der Waals surface area contributed by atoms with Crippen molar-refractivity contribution in [3.05, 3.63) is 47.3 Å². The SMILES string of the molecule is CCOC(=O)C1=C(COC(=O)Cc2c[nH]c3ccccc23)NC(=O)N[C@H]1CC. The molecule has 8 heteroatoms. The largest absolute Gasteiger partial charge is 0.463 e. The molecule has 0 fully saturated rings. The highest BCUT2D eigenvalue weighted by molar-refractivity contribution is 5.95. The zero-order valence-electron chi connectivity index (χ0n) is 15.8. The molecule has 2 amide bonds. The van der Waals surface area contributed by atoms with Gasteiger partial charge in [-0.1, -0.05) is 25.1 Å². The monoisotopic (exact) mass is 385 g/mol. The minimum absolute atomic E-state index is 0.0788. The molecule has 0 radical (unpaired) electrons. The number of aromatic amines is 1. The van der Waals surface area contributed by atoms with E-state index in [1.165, 1.54) is 0 Å². The molecule has 1 atom stereocenters. The number of carbonyl (C=O) groups excluding carboxylic acids is 3. The van der Waals surface area contributed by atoms with Crippen LogP contribution in [0.5, 0.6) is 0 Å². The minimum atomic E-state index is -0.537. The van der Waals surface area contributed by atoms with Crippen molar-refractivity contribution >= 4 is 28.9 Å². The van der Waals surface area contributed by atoms with Gasteiger partial charge in [-0.25, -0.2) is 9.59 Å². The summed E-state index contributed by atoms with van der Waals surface area (Å²) in [6.45, 7) is 3.55. The van der Waals surface area contributed by atoms with E-state index < -0.39 is 24.0 Å². The number of fused-ring (bicyclic) bond motifs is 1. The number of hydrogen-bond acceptors (Lipinski definition) is 5. The molecule has 0 bridgehead atoms. The standard InChI is InChI=1S/C20H23N3O5/c1-3-14-18(19(25)27-4-2)16(23-20(26)22-14)11-28-17(24)9-12-10-21-15-8-6-5-7-13(12)15/h5-8,10,14,21H,3-4,9,11H2,1-2H3,(H2,22,23,26)/t14-/m0/s1. The molecule has 3 N–H and O–H groups in total. The number of hydrogen-bond donors (Lipinski definition) is 3. The lowest BCUT2D eigenvalue weighted by Crippen LogP contribution is -2.51. The lowest BCUT2D eigenvalue weighted by Gasteiger charge is -2.28. The fourth-order valence-corrected chi connectivity index (χ4v) is 3.21. The summed E-state index contributed by atoms with van der Waals surface area (Å²) >= 11 is 0. The number of amides is 2. The molecule has 3 rings (SSSR count). The summed E-state index contributed by atoms with van der Waals surface area (Å²) in [4.78, 5) is 39.6. The molecule has 1 aromatic carbocycles. The summed E-state index contributed by atoms with van der Waals surface area (Å²) in [6.07, 6.45) is 2.36. The maximum atomic E-state index is 12.3. The van der Waals surface area contributed by atoms with Crippen LogP contribution in [0.3, 0.4) is 0 Å². The Hall–Kier alpha value is -3.29. The zero-order valence-corrected chi connectivity index (χ0v) is 15.8. The number of H-pyrrole nitrogens is 1. The molecule has 8 nitrogen and oxygen atoms in total. The second-order valence-electron chi connectivity index (χ2n) is 6.37. The Morgan fingerprint density at radius 3 is 2.68 bits per heavy atom. The molecule has 1 aliphatic heterocycles. The molecular formula is C20H23N3O5. The van der Waals surface area contributed by atoms with Crippen LogP contribution in [0.15, 0.2) is 41.7 Å². The molecule has 2 heterocycles. The number of rotatable bonds is 7. The lowest BCUT2D eigenvalue weighted by molar-refractivity contribution is -0.143. The predicted molar refractivity (Wildman–Crippen MR) is 102 cm³/mol. The van der Waals surface area contributed by atoms with E-state index in [1.807, 2.05) is 31.2 Å². The minimum Gasteiger partial charge on any atom is -0.463 e. The van der Waals surface area contributed by atoms with Crippen LogP contribution >= 0.6 is 0 Å². The van der Waals surface area contributed by atoms with E-state index in [0.29, 0.717) is 6.42 Å². The van der Waals surface area contributed by atoms with Gasteiger partial charge in [-0.3, -0.25) is 4.79 Å². The van der Waals surface area contributed by atoms with Crippen molar-refractivity contribution in [1.29, 1.82) is 0 Å². The first-order valence-electron chi connectivity index (χ1n) is 9.21. The van der Waals surface area contributed by atoms with E-state index in [9.17, 15) is 14.4 Å². The molecule has 0 spiro atoms. The van der Waals surface area contributed by atoms with Gasteiger partial charge in [0.15, 0.2) is 0 Å². The second-order valence-corrected chi connectivity index (χ2v) is 6.37. The Kier molecular flexibility index (Phi) is 5.98. The van der Waals surface area contributed by atoms with E-state index in [1.54, 1.807) is 13.1 Å². The van der Waals surface area contributed by atoms with Crippen LogP contribution in [0.4, 0.5) is 4.79 Å². The average molecular weight is 385 g/mol. The summed E-state index contributed by atoms with van der Waals surface area (Å²) in [7, 11) is 0. The Morgan fingerprint density at radius 1 is 1.14 bits per heavy atom. The Morgan fingerprint density at radius 2 is 1.93 bits per heavy atom. The first kappa shape index (κ1) is 19.5. The third-order valence-corrected chi connectivity index (χ3v) is 4.53. The molecule has 0 saturated heterocycles. The Bertz CT molecular complexity index is 931.